The van der Waals surface area contributed by atoms with Crippen LogP contribution < -0.4 is 10.6 Å². The summed E-state index contributed by atoms with van der Waals surface area (Å²) in [6, 6.07) is 0. The number of aryl methyl sites for hydroxylation is 1. The minimum Gasteiger partial charge on any atom is -0.354 e. The molecule has 0 saturated carbocycles. The molecule has 0 spiro atoms. The van der Waals surface area contributed by atoms with Crippen LogP contribution in [0.25, 0.3) is 0 Å². The highest BCUT2D eigenvalue weighted by atomic mass is 16.2. The van der Waals surface area contributed by atoms with Crippen LogP contribution in [0.3, 0.4) is 0 Å². The zero-order chi connectivity index (χ0) is 13.3. The summed E-state index contributed by atoms with van der Waals surface area (Å²) < 4.78 is 0. The number of hydrogen-bond acceptors (Lipinski definition) is 3. The van der Waals surface area contributed by atoms with E-state index in [1.165, 1.54) is 6.92 Å². The van der Waals surface area contributed by atoms with Gasteiger partial charge < -0.3 is 15.6 Å². The number of amides is 1. The van der Waals surface area contributed by atoms with Gasteiger partial charge in [0, 0.05) is 36.8 Å². The van der Waals surface area contributed by atoms with Crippen molar-refractivity contribution in [3.8, 4) is 0 Å². The Morgan fingerprint density at radius 3 is 2.44 bits per heavy atom. The fourth-order valence-electron chi connectivity index (χ4n) is 2.32. The number of nitrogens with one attached hydrogen (secondary N) is 3. The molecule has 98 valence electrons. The Bertz CT molecular complexity index is 487. The highest BCUT2D eigenvalue weighted by Gasteiger charge is 2.21. The topological polar surface area (TPSA) is 74.0 Å². The van der Waals surface area contributed by atoms with Crippen molar-refractivity contribution in [3.63, 3.8) is 0 Å². The van der Waals surface area contributed by atoms with E-state index in [2.05, 4.69) is 15.6 Å². The maximum Gasteiger partial charge on any atom is 0.268 e. The molecule has 18 heavy (non-hydrogen) atoms. The number of aromatic amines is 1. The second kappa shape index (κ2) is 4.94. The molecule has 1 aromatic heterocycles. The number of hydrogen-bond donors (Lipinski definition) is 3. The van der Waals surface area contributed by atoms with Gasteiger partial charge >= 0.3 is 0 Å². The highest BCUT2D eigenvalue weighted by molar-refractivity contribution is 6.02. The first-order valence-electron chi connectivity index (χ1n) is 6.19. The molecule has 5 heteroatoms. The lowest BCUT2D eigenvalue weighted by Gasteiger charge is -2.27. The third-order valence-corrected chi connectivity index (χ3v) is 3.43. The van der Waals surface area contributed by atoms with Crippen molar-refractivity contribution in [2.24, 2.45) is 5.92 Å². The predicted octanol–water partition coefficient (Wildman–Crippen LogP) is 0.783. The predicted molar refractivity (Wildman–Crippen MR) is 69.0 cm³/mol. The van der Waals surface area contributed by atoms with Gasteiger partial charge in [-0.2, -0.15) is 0 Å². The number of aromatic nitrogens is 1. The van der Waals surface area contributed by atoms with Gasteiger partial charge in [0.1, 0.15) is 5.69 Å². The molecule has 0 radical (unpaired) electrons. The first-order valence-corrected chi connectivity index (χ1v) is 6.19. The molecule has 0 unspecified atom stereocenters. The lowest BCUT2D eigenvalue weighted by molar-refractivity contribution is 0.0937. The van der Waals surface area contributed by atoms with Crippen LogP contribution in [0.2, 0.25) is 0 Å². The number of H-pyrrole nitrogens is 1. The summed E-state index contributed by atoms with van der Waals surface area (Å²) in [4.78, 5) is 26.5. The van der Waals surface area contributed by atoms with Crippen LogP contribution >= 0.6 is 0 Å². The molecule has 1 aromatic rings. The zero-order valence-electron chi connectivity index (χ0n) is 11.0. The molecule has 1 amide bonds. The van der Waals surface area contributed by atoms with Crippen LogP contribution in [0, 0.1) is 19.8 Å². The monoisotopic (exact) mass is 249 g/mol. The molecule has 0 atom stereocenters. The molecule has 0 aromatic carbocycles. The average molecular weight is 249 g/mol. The van der Waals surface area contributed by atoms with Crippen molar-refractivity contribution >= 4 is 11.7 Å². The van der Waals surface area contributed by atoms with Crippen molar-refractivity contribution in [2.75, 3.05) is 19.6 Å². The maximum absolute atomic E-state index is 12.0. The van der Waals surface area contributed by atoms with E-state index in [4.69, 9.17) is 0 Å². The molecular weight excluding hydrogens is 230 g/mol. The molecule has 2 rings (SSSR count). The normalized spacial score (nSPS) is 15.3. The quantitative estimate of drug-likeness (QED) is 0.690. The Labute approximate surface area is 106 Å². The lowest BCUT2D eigenvalue weighted by atomic mass is 10.0. The summed E-state index contributed by atoms with van der Waals surface area (Å²) in [5.41, 5.74) is 2.63. The molecule has 5 nitrogen and oxygen atoms in total. The van der Waals surface area contributed by atoms with Crippen LogP contribution in [0.4, 0.5) is 0 Å². The van der Waals surface area contributed by atoms with E-state index < -0.39 is 0 Å². The molecule has 0 bridgehead atoms. The fraction of sp³-hybridized carbons (Fsp3) is 0.538. The number of carbonyl (C=O) groups excluding carboxylic acids is 2. The lowest BCUT2D eigenvalue weighted by Crippen LogP contribution is -2.48. The standard InChI is InChI=1S/C13H19N3O2/c1-7-11(9(3)17)8(2)16-12(7)13(18)15-6-10-4-14-5-10/h10,14,16H,4-6H2,1-3H3,(H,15,18). The van der Waals surface area contributed by atoms with Gasteiger partial charge in [0.15, 0.2) is 5.78 Å². The van der Waals surface area contributed by atoms with Crippen molar-refractivity contribution in [3.05, 3.63) is 22.5 Å². The van der Waals surface area contributed by atoms with E-state index in [1.54, 1.807) is 6.92 Å². The molecular formula is C13H19N3O2. The Hall–Kier alpha value is -1.62. The molecule has 2 heterocycles. The van der Waals surface area contributed by atoms with Crippen molar-refractivity contribution in [2.45, 2.75) is 20.8 Å². The van der Waals surface area contributed by atoms with E-state index in [0.717, 1.165) is 24.3 Å². The Morgan fingerprint density at radius 2 is 2.00 bits per heavy atom. The SMILES string of the molecule is CC(=O)c1c(C)[nH]c(C(=O)NCC2CNC2)c1C. The second-order valence-corrected chi connectivity index (χ2v) is 4.92. The smallest absolute Gasteiger partial charge is 0.268 e. The van der Waals surface area contributed by atoms with Gasteiger partial charge in [0.25, 0.3) is 5.91 Å². The van der Waals surface area contributed by atoms with Gasteiger partial charge in [-0.25, -0.2) is 0 Å². The van der Waals surface area contributed by atoms with E-state index in [9.17, 15) is 9.59 Å². The van der Waals surface area contributed by atoms with Crippen molar-refractivity contribution in [1.29, 1.82) is 0 Å². The Morgan fingerprint density at radius 1 is 1.33 bits per heavy atom. The molecule has 1 saturated heterocycles. The third-order valence-electron chi connectivity index (χ3n) is 3.43. The number of rotatable bonds is 4. The van der Waals surface area contributed by atoms with Gasteiger partial charge in [-0.3, -0.25) is 9.59 Å². The van der Waals surface area contributed by atoms with E-state index >= 15 is 0 Å². The second-order valence-electron chi connectivity index (χ2n) is 4.92. The fourth-order valence-corrected chi connectivity index (χ4v) is 2.32. The first kappa shape index (κ1) is 12.8. The minimum absolute atomic E-state index is 0.0107. The highest BCUT2D eigenvalue weighted by Crippen LogP contribution is 2.18. The number of carbonyl (C=O) groups is 2. The van der Waals surface area contributed by atoms with Gasteiger partial charge in [0.05, 0.1) is 0 Å². The summed E-state index contributed by atoms with van der Waals surface area (Å²) in [5, 5.41) is 6.06. The molecule has 0 aliphatic carbocycles. The number of Topliss-reactive ketones (excluding diaryl/α,β-unsaturated/α-hetero) is 1. The number of ketones is 1. The van der Waals surface area contributed by atoms with Crippen LogP contribution in [0.15, 0.2) is 0 Å². The zero-order valence-corrected chi connectivity index (χ0v) is 11.0. The molecule has 1 aliphatic heterocycles. The van der Waals surface area contributed by atoms with Crippen LogP contribution in [-0.4, -0.2) is 36.3 Å². The van der Waals surface area contributed by atoms with Crippen LogP contribution in [0.1, 0.15) is 39.0 Å². The van der Waals surface area contributed by atoms with E-state index in [1.807, 2.05) is 6.92 Å². The minimum atomic E-state index is -0.130. The van der Waals surface area contributed by atoms with Gasteiger partial charge in [-0.1, -0.05) is 0 Å². The Kier molecular flexibility index (Phi) is 3.52. The Balaban J connectivity index is 2.09. The maximum atomic E-state index is 12.0. The van der Waals surface area contributed by atoms with Gasteiger partial charge in [0.2, 0.25) is 0 Å². The van der Waals surface area contributed by atoms with Crippen molar-refractivity contribution < 1.29 is 9.59 Å². The van der Waals surface area contributed by atoms with Gasteiger partial charge in [-0.15, -0.1) is 0 Å². The molecule has 3 N–H and O–H groups in total. The molecule has 1 aliphatic rings. The summed E-state index contributed by atoms with van der Waals surface area (Å²) in [6.07, 6.45) is 0. The van der Waals surface area contributed by atoms with Crippen LogP contribution in [0.5, 0.6) is 0 Å². The summed E-state index contributed by atoms with van der Waals surface area (Å²) in [6.45, 7) is 7.74. The summed E-state index contributed by atoms with van der Waals surface area (Å²) in [7, 11) is 0. The van der Waals surface area contributed by atoms with E-state index in [-0.39, 0.29) is 11.7 Å². The summed E-state index contributed by atoms with van der Waals surface area (Å²) in [5.74, 6) is 0.385. The van der Waals surface area contributed by atoms with Crippen molar-refractivity contribution in [1.82, 2.24) is 15.6 Å². The first-order chi connectivity index (χ1) is 8.50. The largest absolute Gasteiger partial charge is 0.354 e. The third kappa shape index (κ3) is 2.31. The van der Waals surface area contributed by atoms with Gasteiger partial charge in [-0.05, 0) is 26.3 Å². The molecule has 1 fully saturated rings. The van der Waals surface area contributed by atoms with Crippen LogP contribution in [-0.2, 0) is 0 Å². The average Bonchev–Trinajstić information content (AvgIpc) is 2.51. The van der Waals surface area contributed by atoms with E-state index in [0.29, 0.717) is 23.7 Å². The summed E-state index contributed by atoms with van der Waals surface area (Å²) >= 11 is 0.